The number of aromatic nitrogens is 4. The van der Waals surface area contributed by atoms with Crippen LogP contribution < -0.4 is 0 Å². The smallest absolute Gasteiger partial charge is 0.339 e. The highest BCUT2D eigenvalue weighted by Crippen LogP contribution is 2.36. The molecule has 1 amide bonds. The maximum Gasteiger partial charge on any atom is 0.436 e. The van der Waals surface area contributed by atoms with E-state index in [2.05, 4.69) is 10.2 Å². The highest BCUT2D eigenvalue weighted by molar-refractivity contribution is 6.32. The Morgan fingerprint density at radius 1 is 1.35 bits per heavy atom. The number of aryl methyl sites for hydroxylation is 2. The van der Waals surface area contributed by atoms with Gasteiger partial charge in [-0.3, -0.25) is 14.2 Å². The first-order valence-electron chi connectivity index (χ1n) is 8.07. The predicted molar refractivity (Wildman–Crippen MR) is 90.8 cm³/mol. The van der Waals surface area contributed by atoms with Gasteiger partial charge in [-0.1, -0.05) is 11.6 Å². The summed E-state index contributed by atoms with van der Waals surface area (Å²) >= 11 is 5.76. The zero-order valence-electron chi connectivity index (χ0n) is 15.2. The van der Waals surface area contributed by atoms with Crippen molar-refractivity contribution in [3.8, 4) is 0 Å². The summed E-state index contributed by atoms with van der Waals surface area (Å²) in [6.07, 6.45) is -2.82. The van der Waals surface area contributed by atoms with Crippen LogP contribution in [-0.4, -0.2) is 37.4 Å². The van der Waals surface area contributed by atoms with Gasteiger partial charge in [-0.05, 0) is 27.7 Å². The average Bonchev–Trinajstić information content (AvgIpc) is 3.06. The van der Waals surface area contributed by atoms with E-state index in [4.69, 9.17) is 11.6 Å². The fourth-order valence-corrected chi connectivity index (χ4v) is 2.92. The van der Waals surface area contributed by atoms with Crippen LogP contribution in [0.25, 0.3) is 0 Å². The van der Waals surface area contributed by atoms with Gasteiger partial charge in [0.15, 0.2) is 5.69 Å². The third-order valence-corrected chi connectivity index (χ3v) is 4.68. The van der Waals surface area contributed by atoms with Gasteiger partial charge in [-0.15, -0.1) is 0 Å². The van der Waals surface area contributed by atoms with E-state index in [9.17, 15) is 18.0 Å². The Balaban J connectivity index is 2.22. The molecule has 1 atom stereocenters. The van der Waals surface area contributed by atoms with E-state index < -0.39 is 22.9 Å². The van der Waals surface area contributed by atoms with E-state index in [1.807, 2.05) is 20.0 Å². The lowest BCUT2D eigenvalue weighted by molar-refractivity contribution is -0.142. The van der Waals surface area contributed by atoms with Gasteiger partial charge in [0.05, 0.1) is 16.4 Å². The predicted octanol–water partition coefficient (Wildman–Crippen LogP) is 3.61. The average molecular weight is 392 g/mol. The van der Waals surface area contributed by atoms with Crippen molar-refractivity contribution in [3.05, 3.63) is 33.9 Å². The third kappa shape index (κ3) is 3.87. The molecule has 0 radical (unpaired) electrons. The monoisotopic (exact) mass is 391 g/mol. The van der Waals surface area contributed by atoms with Crippen LogP contribution in [0.5, 0.6) is 0 Å². The first-order valence-corrected chi connectivity index (χ1v) is 8.44. The second-order valence-corrected chi connectivity index (χ2v) is 6.53. The van der Waals surface area contributed by atoms with Crippen LogP contribution in [0, 0.1) is 13.8 Å². The standard InChI is InChI=1S/C16H21ClF3N5O/c1-6-24-8-12(9(2)21-24)7-23(5)15(26)11(4)25-10(3)13(17)14(22-25)16(18,19)20/h8,11H,6-7H2,1-5H3/t11-/m0/s1. The number of halogens is 4. The summed E-state index contributed by atoms with van der Waals surface area (Å²) in [5.41, 5.74) is 0.597. The van der Waals surface area contributed by atoms with E-state index in [-0.39, 0.29) is 11.6 Å². The molecule has 0 spiro atoms. The van der Waals surface area contributed by atoms with Crippen LogP contribution in [0.4, 0.5) is 13.2 Å². The van der Waals surface area contributed by atoms with Crippen LogP contribution >= 0.6 is 11.6 Å². The minimum Gasteiger partial charge on any atom is -0.339 e. The molecule has 2 aromatic heterocycles. The number of amides is 1. The summed E-state index contributed by atoms with van der Waals surface area (Å²) < 4.78 is 41.7. The summed E-state index contributed by atoms with van der Waals surface area (Å²) in [7, 11) is 1.59. The van der Waals surface area contributed by atoms with Gasteiger partial charge in [-0.25, -0.2) is 0 Å². The number of nitrogens with zero attached hydrogens (tertiary/aromatic N) is 5. The molecule has 26 heavy (non-hydrogen) atoms. The number of hydrogen-bond donors (Lipinski definition) is 0. The molecule has 2 rings (SSSR count). The molecule has 2 aromatic rings. The van der Waals surface area contributed by atoms with Crippen molar-refractivity contribution in [2.45, 2.75) is 53.0 Å². The molecule has 0 aliphatic carbocycles. The Labute approximate surface area is 154 Å². The van der Waals surface area contributed by atoms with Crippen molar-refractivity contribution >= 4 is 17.5 Å². The number of rotatable bonds is 5. The highest BCUT2D eigenvalue weighted by atomic mass is 35.5. The molecule has 2 heterocycles. The molecule has 10 heteroatoms. The van der Waals surface area contributed by atoms with Crippen molar-refractivity contribution in [2.24, 2.45) is 0 Å². The quantitative estimate of drug-likeness (QED) is 0.782. The zero-order valence-corrected chi connectivity index (χ0v) is 16.0. The number of likely N-dealkylation sites (N-methyl/N-ethyl adjacent to an activating group) is 1. The van der Waals surface area contributed by atoms with Crippen molar-refractivity contribution < 1.29 is 18.0 Å². The molecular formula is C16H21ClF3N5O. The minimum absolute atomic E-state index is 0.100. The summed E-state index contributed by atoms with van der Waals surface area (Å²) in [6.45, 7) is 7.71. The number of carbonyl (C=O) groups is 1. The zero-order chi connectivity index (χ0) is 19.8. The third-order valence-electron chi connectivity index (χ3n) is 4.23. The second-order valence-electron chi connectivity index (χ2n) is 6.16. The van der Waals surface area contributed by atoms with Gasteiger partial charge in [0.1, 0.15) is 6.04 Å². The van der Waals surface area contributed by atoms with E-state index in [0.717, 1.165) is 15.9 Å². The normalized spacial score (nSPS) is 13.1. The molecule has 0 unspecified atom stereocenters. The Morgan fingerprint density at radius 3 is 2.42 bits per heavy atom. The Morgan fingerprint density at radius 2 is 1.96 bits per heavy atom. The van der Waals surface area contributed by atoms with E-state index in [1.54, 1.807) is 11.7 Å². The van der Waals surface area contributed by atoms with Crippen LogP contribution in [0.1, 0.15) is 42.5 Å². The molecule has 6 nitrogen and oxygen atoms in total. The fraction of sp³-hybridized carbons (Fsp3) is 0.562. The van der Waals surface area contributed by atoms with Crippen LogP contribution in [0.2, 0.25) is 5.02 Å². The lowest BCUT2D eigenvalue weighted by Gasteiger charge is -2.22. The fourth-order valence-electron chi connectivity index (χ4n) is 2.69. The van der Waals surface area contributed by atoms with Gasteiger partial charge >= 0.3 is 6.18 Å². The molecule has 144 valence electrons. The number of carbonyl (C=O) groups excluding carboxylic acids is 1. The van der Waals surface area contributed by atoms with Crippen LogP contribution in [0.15, 0.2) is 6.20 Å². The SMILES string of the molecule is CCn1cc(CN(C)C(=O)[C@H](C)n2nc(C(F)(F)F)c(Cl)c2C)c(C)n1. The molecule has 0 saturated carbocycles. The lowest BCUT2D eigenvalue weighted by Crippen LogP contribution is -2.33. The highest BCUT2D eigenvalue weighted by Gasteiger charge is 2.39. The van der Waals surface area contributed by atoms with Crippen molar-refractivity contribution in [3.63, 3.8) is 0 Å². The summed E-state index contributed by atoms with van der Waals surface area (Å²) in [5, 5.41) is 7.35. The molecule has 0 aromatic carbocycles. The van der Waals surface area contributed by atoms with Crippen LogP contribution in [-0.2, 0) is 24.1 Å². The van der Waals surface area contributed by atoms with E-state index in [1.165, 1.54) is 18.7 Å². The van der Waals surface area contributed by atoms with Gasteiger partial charge in [0, 0.05) is 31.9 Å². The first kappa shape index (κ1) is 20.3. The van der Waals surface area contributed by atoms with Crippen molar-refractivity contribution in [1.29, 1.82) is 0 Å². The second kappa shape index (κ2) is 7.30. The lowest BCUT2D eigenvalue weighted by atomic mass is 10.2. The molecular weight excluding hydrogens is 371 g/mol. The molecule has 0 saturated heterocycles. The molecule has 0 bridgehead atoms. The maximum absolute atomic E-state index is 13.0. The first-order chi connectivity index (χ1) is 12.0. The van der Waals surface area contributed by atoms with Gasteiger partial charge in [-0.2, -0.15) is 23.4 Å². The van der Waals surface area contributed by atoms with Gasteiger partial charge < -0.3 is 4.90 Å². The Kier molecular flexibility index (Phi) is 5.70. The summed E-state index contributed by atoms with van der Waals surface area (Å²) in [5.74, 6) is -0.371. The Bertz CT molecular complexity index is 812. The maximum atomic E-state index is 13.0. The molecule has 0 aliphatic rings. The molecule has 0 fully saturated rings. The number of hydrogen-bond acceptors (Lipinski definition) is 3. The van der Waals surface area contributed by atoms with E-state index >= 15 is 0 Å². The van der Waals surface area contributed by atoms with Crippen molar-refractivity contribution in [1.82, 2.24) is 24.5 Å². The molecule has 0 N–H and O–H groups in total. The van der Waals surface area contributed by atoms with Crippen molar-refractivity contribution in [2.75, 3.05) is 7.05 Å². The van der Waals surface area contributed by atoms with Gasteiger partial charge in [0.2, 0.25) is 5.91 Å². The topological polar surface area (TPSA) is 56.0 Å². The summed E-state index contributed by atoms with van der Waals surface area (Å²) in [4.78, 5) is 14.1. The minimum atomic E-state index is -4.67. The van der Waals surface area contributed by atoms with Crippen LogP contribution in [0.3, 0.4) is 0 Å². The van der Waals surface area contributed by atoms with E-state index in [0.29, 0.717) is 13.1 Å². The summed E-state index contributed by atoms with van der Waals surface area (Å²) in [6, 6.07) is -0.921. The largest absolute Gasteiger partial charge is 0.436 e. The number of alkyl halides is 3. The van der Waals surface area contributed by atoms with Gasteiger partial charge in [0.25, 0.3) is 0 Å². The molecule has 0 aliphatic heterocycles. The Hall–Kier alpha value is -2.03.